The summed E-state index contributed by atoms with van der Waals surface area (Å²) >= 11 is 3.52. The lowest BCUT2D eigenvalue weighted by molar-refractivity contribution is 0.0578. The minimum Gasteiger partial charge on any atom is -0.443 e. The highest BCUT2D eigenvalue weighted by atomic mass is 79.9. The van der Waals surface area contributed by atoms with Crippen LogP contribution in [0.1, 0.15) is 52.0 Å². The van der Waals surface area contributed by atoms with Gasteiger partial charge in [-0.3, -0.25) is 4.90 Å². The number of rotatable bonds is 0. The first kappa shape index (κ1) is 14.9. The molecule has 0 aromatic heterocycles. The lowest BCUT2D eigenvalue weighted by Crippen LogP contribution is -2.39. The maximum atomic E-state index is 12.6. The molecule has 0 N–H and O–H groups in total. The molecule has 1 spiro atoms. The van der Waals surface area contributed by atoms with Crippen molar-refractivity contribution in [1.82, 2.24) is 0 Å². The molecule has 1 amide bonds. The molecule has 3 rings (SSSR count). The van der Waals surface area contributed by atoms with Crippen LogP contribution < -0.4 is 4.90 Å². The van der Waals surface area contributed by atoms with Gasteiger partial charge in [-0.05, 0) is 51.3 Å². The fourth-order valence-electron chi connectivity index (χ4n) is 3.61. The van der Waals surface area contributed by atoms with Crippen LogP contribution in [0.3, 0.4) is 0 Å². The molecule has 1 aromatic carbocycles. The van der Waals surface area contributed by atoms with E-state index < -0.39 is 5.60 Å². The number of carbonyl (C=O) groups excluding carboxylic acids is 1. The van der Waals surface area contributed by atoms with E-state index in [2.05, 4.69) is 28.1 Å². The zero-order chi connectivity index (χ0) is 15.3. The van der Waals surface area contributed by atoms with E-state index in [1.807, 2.05) is 31.7 Å². The van der Waals surface area contributed by atoms with E-state index in [1.165, 1.54) is 31.2 Å². The standard InChI is InChI=1S/C17H22BrNO2/c1-16(2,3)21-15(20)19-11-17(8-4-5-9-17)13-7-6-12(18)10-14(13)19/h6-7,10H,4-5,8-9,11H2,1-3H3. The van der Waals surface area contributed by atoms with Gasteiger partial charge in [0.2, 0.25) is 0 Å². The third kappa shape index (κ3) is 2.70. The van der Waals surface area contributed by atoms with Crippen LogP contribution in [0, 0.1) is 0 Å². The second-order valence-corrected chi connectivity index (χ2v) is 8.13. The van der Waals surface area contributed by atoms with Crippen molar-refractivity contribution in [2.24, 2.45) is 0 Å². The number of anilines is 1. The Bertz CT molecular complexity index is 571. The Morgan fingerprint density at radius 2 is 1.95 bits per heavy atom. The number of halogens is 1. The smallest absolute Gasteiger partial charge is 0.414 e. The van der Waals surface area contributed by atoms with Gasteiger partial charge < -0.3 is 4.74 Å². The zero-order valence-electron chi connectivity index (χ0n) is 12.9. The van der Waals surface area contributed by atoms with Crippen LogP contribution in [0.15, 0.2) is 22.7 Å². The van der Waals surface area contributed by atoms with Gasteiger partial charge in [0.05, 0.1) is 5.69 Å². The second-order valence-electron chi connectivity index (χ2n) is 7.22. The first-order valence-electron chi connectivity index (χ1n) is 7.61. The van der Waals surface area contributed by atoms with Gasteiger partial charge in [0.25, 0.3) is 0 Å². The van der Waals surface area contributed by atoms with Crippen LogP contribution in [0.4, 0.5) is 10.5 Å². The van der Waals surface area contributed by atoms with Crippen molar-refractivity contribution in [2.75, 3.05) is 11.4 Å². The van der Waals surface area contributed by atoms with Crippen LogP contribution in [0.25, 0.3) is 0 Å². The quantitative estimate of drug-likeness (QED) is 0.656. The van der Waals surface area contributed by atoms with Crippen molar-refractivity contribution in [3.63, 3.8) is 0 Å². The Balaban J connectivity index is 1.97. The molecule has 1 fully saturated rings. The summed E-state index contributed by atoms with van der Waals surface area (Å²) in [4.78, 5) is 14.4. The average Bonchev–Trinajstić information content (AvgIpc) is 2.94. The number of benzene rings is 1. The number of hydrogen-bond acceptors (Lipinski definition) is 2. The van der Waals surface area contributed by atoms with Crippen LogP contribution in [-0.4, -0.2) is 18.2 Å². The molecule has 114 valence electrons. The molecule has 0 atom stereocenters. The Morgan fingerprint density at radius 3 is 2.57 bits per heavy atom. The first-order chi connectivity index (χ1) is 9.81. The van der Waals surface area contributed by atoms with E-state index in [-0.39, 0.29) is 11.5 Å². The number of carbonyl (C=O) groups is 1. The van der Waals surface area contributed by atoms with Crippen molar-refractivity contribution in [2.45, 2.75) is 57.5 Å². The van der Waals surface area contributed by atoms with Gasteiger partial charge in [0.15, 0.2) is 0 Å². The molecule has 1 aromatic rings. The SMILES string of the molecule is CC(C)(C)OC(=O)N1CC2(CCCC2)c2ccc(Br)cc21. The summed E-state index contributed by atoms with van der Waals surface area (Å²) in [6, 6.07) is 6.30. The third-order valence-corrected chi connectivity index (χ3v) is 4.95. The second kappa shape index (κ2) is 5.01. The van der Waals surface area contributed by atoms with Crippen molar-refractivity contribution < 1.29 is 9.53 Å². The maximum absolute atomic E-state index is 12.6. The van der Waals surface area contributed by atoms with Crippen LogP contribution in [0.2, 0.25) is 0 Å². The first-order valence-corrected chi connectivity index (χ1v) is 8.41. The largest absolute Gasteiger partial charge is 0.443 e. The van der Waals surface area contributed by atoms with E-state index in [4.69, 9.17) is 4.74 Å². The Hall–Kier alpha value is -1.03. The van der Waals surface area contributed by atoms with Crippen molar-refractivity contribution in [1.29, 1.82) is 0 Å². The Labute approximate surface area is 134 Å². The maximum Gasteiger partial charge on any atom is 0.414 e. The predicted octanol–water partition coefficient (Wildman–Crippen LogP) is 5.02. The van der Waals surface area contributed by atoms with Gasteiger partial charge in [-0.25, -0.2) is 4.79 Å². The van der Waals surface area contributed by atoms with Crippen molar-refractivity contribution in [3.05, 3.63) is 28.2 Å². The molecule has 1 aliphatic carbocycles. The lowest BCUT2D eigenvalue weighted by Gasteiger charge is -2.27. The van der Waals surface area contributed by atoms with E-state index in [1.54, 1.807) is 0 Å². The number of amides is 1. The summed E-state index contributed by atoms with van der Waals surface area (Å²) in [6.45, 7) is 6.49. The molecule has 1 heterocycles. The minimum absolute atomic E-state index is 0.146. The van der Waals surface area contributed by atoms with Crippen LogP contribution in [-0.2, 0) is 10.2 Å². The lowest BCUT2D eigenvalue weighted by atomic mass is 9.81. The van der Waals surface area contributed by atoms with E-state index in [0.717, 1.165) is 16.7 Å². The normalized spacial score (nSPS) is 19.9. The fourth-order valence-corrected chi connectivity index (χ4v) is 3.96. The third-order valence-electron chi connectivity index (χ3n) is 4.46. The monoisotopic (exact) mass is 351 g/mol. The summed E-state index contributed by atoms with van der Waals surface area (Å²) in [7, 11) is 0. The van der Waals surface area contributed by atoms with Gasteiger partial charge in [0.1, 0.15) is 5.60 Å². The predicted molar refractivity (Wildman–Crippen MR) is 87.9 cm³/mol. The number of nitrogens with zero attached hydrogens (tertiary/aromatic N) is 1. The molecule has 0 radical (unpaired) electrons. The average molecular weight is 352 g/mol. The zero-order valence-corrected chi connectivity index (χ0v) is 14.5. The molecule has 3 nitrogen and oxygen atoms in total. The fraction of sp³-hybridized carbons (Fsp3) is 0.588. The topological polar surface area (TPSA) is 29.5 Å². The van der Waals surface area contributed by atoms with Crippen LogP contribution >= 0.6 is 15.9 Å². The molecule has 1 saturated carbocycles. The molecule has 0 bridgehead atoms. The van der Waals surface area contributed by atoms with Gasteiger partial charge >= 0.3 is 6.09 Å². The molecule has 0 saturated heterocycles. The highest BCUT2D eigenvalue weighted by Crippen LogP contribution is 2.51. The Kier molecular flexibility index (Phi) is 3.55. The molecule has 1 aliphatic heterocycles. The summed E-state index contributed by atoms with van der Waals surface area (Å²) in [6.07, 6.45) is 4.60. The molecular weight excluding hydrogens is 330 g/mol. The summed E-state index contributed by atoms with van der Waals surface area (Å²) < 4.78 is 6.60. The van der Waals surface area contributed by atoms with Crippen molar-refractivity contribution in [3.8, 4) is 0 Å². The van der Waals surface area contributed by atoms with Crippen molar-refractivity contribution >= 4 is 27.7 Å². The van der Waals surface area contributed by atoms with Gasteiger partial charge in [0, 0.05) is 16.4 Å². The molecular formula is C17H22BrNO2. The number of ether oxygens (including phenoxy) is 1. The highest BCUT2D eigenvalue weighted by molar-refractivity contribution is 9.10. The van der Waals surface area contributed by atoms with E-state index in [0.29, 0.717) is 0 Å². The van der Waals surface area contributed by atoms with Gasteiger partial charge in [-0.2, -0.15) is 0 Å². The minimum atomic E-state index is -0.464. The van der Waals surface area contributed by atoms with Crippen LogP contribution in [0.5, 0.6) is 0 Å². The Morgan fingerprint density at radius 1 is 1.29 bits per heavy atom. The molecule has 2 aliphatic rings. The molecule has 4 heteroatoms. The molecule has 0 unspecified atom stereocenters. The molecule has 21 heavy (non-hydrogen) atoms. The number of hydrogen-bond donors (Lipinski definition) is 0. The van der Waals surface area contributed by atoms with Gasteiger partial charge in [-0.1, -0.05) is 34.8 Å². The highest BCUT2D eigenvalue weighted by Gasteiger charge is 2.47. The number of fused-ring (bicyclic) bond motifs is 2. The van der Waals surface area contributed by atoms with E-state index >= 15 is 0 Å². The van der Waals surface area contributed by atoms with E-state index in [9.17, 15) is 4.79 Å². The summed E-state index contributed by atoms with van der Waals surface area (Å²) in [5.74, 6) is 0. The summed E-state index contributed by atoms with van der Waals surface area (Å²) in [5.41, 5.74) is 2.01. The summed E-state index contributed by atoms with van der Waals surface area (Å²) in [5, 5.41) is 0. The van der Waals surface area contributed by atoms with Gasteiger partial charge in [-0.15, -0.1) is 0 Å².